The van der Waals surface area contributed by atoms with Crippen LogP contribution in [0.15, 0.2) is 4.99 Å². The van der Waals surface area contributed by atoms with Crippen molar-refractivity contribution in [3.63, 3.8) is 0 Å². The quantitative estimate of drug-likeness (QED) is 0.368. The van der Waals surface area contributed by atoms with Crippen LogP contribution in [0.3, 0.4) is 0 Å². The summed E-state index contributed by atoms with van der Waals surface area (Å²) in [5.74, 6) is 2.53. The average molecular weight is 283 g/mol. The fraction of sp³-hybridized carbons (Fsp3) is 0.938. The van der Waals surface area contributed by atoms with Crippen molar-refractivity contribution in [3.05, 3.63) is 0 Å². The van der Waals surface area contributed by atoms with E-state index in [2.05, 4.69) is 36.4 Å². The molecule has 1 fully saturated rings. The van der Waals surface area contributed by atoms with Crippen molar-refractivity contribution in [1.29, 1.82) is 0 Å². The zero-order valence-electron chi connectivity index (χ0n) is 13.7. The van der Waals surface area contributed by atoms with Crippen LogP contribution in [0, 0.1) is 11.8 Å². The predicted molar refractivity (Wildman–Crippen MR) is 86.2 cm³/mol. The molecule has 0 aromatic heterocycles. The summed E-state index contributed by atoms with van der Waals surface area (Å²) in [6.07, 6.45) is 6.20. The van der Waals surface area contributed by atoms with Crippen LogP contribution in [-0.4, -0.2) is 38.8 Å². The lowest BCUT2D eigenvalue weighted by atomic mass is 10.0. The van der Waals surface area contributed by atoms with Crippen molar-refractivity contribution < 1.29 is 4.74 Å². The minimum absolute atomic E-state index is 0.467. The molecule has 0 radical (unpaired) electrons. The maximum atomic E-state index is 5.62. The molecule has 20 heavy (non-hydrogen) atoms. The molecule has 118 valence electrons. The van der Waals surface area contributed by atoms with Gasteiger partial charge in [0.15, 0.2) is 5.96 Å². The molecule has 0 aromatic rings. The lowest BCUT2D eigenvalue weighted by Gasteiger charge is -2.18. The van der Waals surface area contributed by atoms with E-state index in [9.17, 15) is 0 Å². The monoisotopic (exact) mass is 283 g/mol. The van der Waals surface area contributed by atoms with Gasteiger partial charge in [0.25, 0.3) is 0 Å². The highest BCUT2D eigenvalue weighted by atomic mass is 16.5. The van der Waals surface area contributed by atoms with E-state index in [1.54, 1.807) is 0 Å². The lowest BCUT2D eigenvalue weighted by Crippen LogP contribution is -2.42. The maximum Gasteiger partial charge on any atom is 0.191 e. The normalized spacial score (nSPS) is 17.4. The van der Waals surface area contributed by atoms with E-state index >= 15 is 0 Å². The third-order valence-corrected chi connectivity index (χ3v) is 3.59. The smallest absolute Gasteiger partial charge is 0.191 e. The summed E-state index contributed by atoms with van der Waals surface area (Å²) in [4.78, 5) is 4.26. The Bertz CT molecular complexity index is 275. The van der Waals surface area contributed by atoms with E-state index in [1.807, 2.05) is 7.05 Å². The van der Waals surface area contributed by atoms with Gasteiger partial charge in [-0.15, -0.1) is 0 Å². The van der Waals surface area contributed by atoms with E-state index in [0.717, 1.165) is 44.0 Å². The minimum atomic E-state index is 0.467. The molecule has 0 heterocycles. The Morgan fingerprint density at radius 2 is 2.00 bits per heavy atom. The molecule has 0 saturated heterocycles. The third kappa shape index (κ3) is 9.18. The fourth-order valence-electron chi connectivity index (χ4n) is 2.00. The van der Waals surface area contributed by atoms with Crippen molar-refractivity contribution >= 4 is 5.96 Å². The molecule has 1 atom stereocenters. The van der Waals surface area contributed by atoms with Crippen molar-refractivity contribution in [2.24, 2.45) is 16.8 Å². The Morgan fingerprint density at radius 3 is 2.60 bits per heavy atom. The lowest BCUT2D eigenvalue weighted by molar-refractivity contribution is 0.123. The second kappa shape index (κ2) is 10.0. The van der Waals surface area contributed by atoms with Crippen LogP contribution < -0.4 is 10.6 Å². The number of hydrogen-bond acceptors (Lipinski definition) is 2. The molecular formula is C16H33N3O. The summed E-state index contributed by atoms with van der Waals surface area (Å²) in [6, 6.07) is 0.467. The summed E-state index contributed by atoms with van der Waals surface area (Å²) < 4.78 is 5.62. The second-order valence-corrected chi connectivity index (χ2v) is 6.39. The second-order valence-electron chi connectivity index (χ2n) is 6.39. The van der Waals surface area contributed by atoms with E-state index in [0.29, 0.717) is 6.04 Å². The molecule has 1 rings (SSSR count). The van der Waals surface area contributed by atoms with Gasteiger partial charge in [0.1, 0.15) is 0 Å². The Morgan fingerprint density at radius 1 is 1.25 bits per heavy atom. The first-order valence-corrected chi connectivity index (χ1v) is 8.16. The number of guanidine groups is 1. The highest BCUT2D eigenvalue weighted by Crippen LogP contribution is 2.28. The molecule has 0 spiro atoms. The van der Waals surface area contributed by atoms with Crippen LogP contribution in [0.1, 0.15) is 52.9 Å². The van der Waals surface area contributed by atoms with Crippen molar-refractivity contribution in [2.45, 2.75) is 58.9 Å². The first kappa shape index (κ1) is 17.3. The largest absolute Gasteiger partial charge is 0.381 e. The van der Waals surface area contributed by atoms with Crippen LogP contribution in [0.2, 0.25) is 0 Å². The Labute approximate surface area is 124 Å². The number of nitrogens with zero attached hydrogens (tertiary/aromatic N) is 1. The minimum Gasteiger partial charge on any atom is -0.381 e. The van der Waals surface area contributed by atoms with Crippen LogP contribution in [0.5, 0.6) is 0 Å². The molecule has 1 aliphatic rings. The molecule has 1 unspecified atom stereocenters. The van der Waals surface area contributed by atoms with Gasteiger partial charge >= 0.3 is 0 Å². The van der Waals surface area contributed by atoms with Gasteiger partial charge in [-0.2, -0.15) is 0 Å². The number of ether oxygens (including phenoxy) is 1. The Hall–Kier alpha value is -0.770. The molecule has 1 aliphatic carbocycles. The van der Waals surface area contributed by atoms with Crippen molar-refractivity contribution in [2.75, 3.05) is 26.8 Å². The van der Waals surface area contributed by atoms with E-state index in [1.165, 1.54) is 25.7 Å². The summed E-state index contributed by atoms with van der Waals surface area (Å²) in [5, 5.41) is 6.79. The van der Waals surface area contributed by atoms with Gasteiger partial charge < -0.3 is 15.4 Å². The highest BCUT2D eigenvalue weighted by molar-refractivity contribution is 5.79. The molecule has 0 aromatic carbocycles. The summed E-state index contributed by atoms with van der Waals surface area (Å²) in [6.45, 7) is 9.47. The standard InChI is InChI=1S/C16H33N3O/c1-13(2)6-7-14(3)19-16(17-4)18-10-5-11-20-12-15-8-9-15/h13-15H,5-12H2,1-4H3,(H2,17,18,19). The van der Waals surface area contributed by atoms with E-state index in [-0.39, 0.29) is 0 Å². The molecule has 0 amide bonds. The molecule has 0 bridgehead atoms. The molecule has 2 N–H and O–H groups in total. The molecule has 4 nitrogen and oxygen atoms in total. The van der Waals surface area contributed by atoms with Crippen molar-refractivity contribution in [3.8, 4) is 0 Å². The highest BCUT2D eigenvalue weighted by Gasteiger charge is 2.20. The number of hydrogen-bond donors (Lipinski definition) is 2. The van der Waals surface area contributed by atoms with Crippen LogP contribution in [-0.2, 0) is 4.74 Å². The average Bonchev–Trinajstić information content (AvgIpc) is 3.23. The topological polar surface area (TPSA) is 45.7 Å². The van der Waals surface area contributed by atoms with Crippen molar-refractivity contribution in [1.82, 2.24) is 10.6 Å². The van der Waals surface area contributed by atoms with Gasteiger partial charge in [-0.1, -0.05) is 13.8 Å². The van der Waals surface area contributed by atoms with Gasteiger partial charge in [0.05, 0.1) is 0 Å². The molecule has 4 heteroatoms. The Kier molecular flexibility index (Phi) is 8.67. The molecule has 1 saturated carbocycles. The zero-order valence-corrected chi connectivity index (χ0v) is 13.7. The number of rotatable bonds is 10. The summed E-state index contributed by atoms with van der Waals surface area (Å²) in [5.41, 5.74) is 0. The summed E-state index contributed by atoms with van der Waals surface area (Å²) in [7, 11) is 1.83. The Balaban J connectivity index is 2.00. The zero-order chi connectivity index (χ0) is 14.8. The van der Waals surface area contributed by atoms with E-state index in [4.69, 9.17) is 4.74 Å². The maximum absolute atomic E-state index is 5.62. The number of aliphatic imine (C=N–C) groups is 1. The van der Waals surface area contributed by atoms with Gasteiger partial charge in [-0.3, -0.25) is 4.99 Å². The van der Waals surface area contributed by atoms with Gasteiger partial charge in [-0.05, 0) is 50.9 Å². The van der Waals surface area contributed by atoms with Crippen LogP contribution >= 0.6 is 0 Å². The van der Waals surface area contributed by atoms with Gasteiger partial charge in [-0.25, -0.2) is 0 Å². The first-order valence-electron chi connectivity index (χ1n) is 8.16. The fourth-order valence-corrected chi connectivity index (χ4v) is 2.00. The number of nitrogens with one attached hydrogen (secondary N) is 2. The van der Waals surface area contributed by atoms with Crippen LogP contribution in [0.25, 0.3) is 0 Å². The van der Waals surface area contributed by atoms with Crippen LogP contribution in [0.4, 0.5) is 0 Å². The SMILES string of the molecule is CN=C(NCCCOCC1CC1)NC(C)CCC(C)C. The first-order chi connectivity index (χ1) is 9.61. The molecular weight excluding hydrogens is 250 g/mol. The van der Waals surface area contributed by atoms with E-state index < -0.39 is 0 Å². The predicted octanol–water partition coefficient (Wildman–Crippen LogP) is 2.79. The van der Waals surface area contributed by atoms with Gasteiger partial charge in [0, 0.05) is 32.8 Å². The molecule has 0 aliphatic heterocycles. The summed E-state index contributed by atoms with van der Waals surface area (Å²) >= 11 is 0. The van der Waals surface area contributed by atoms with Gasteiger partial charge in [0.2, 0.25) is 0 Å². The third-order valence-electron chi connectivity index (χ3n) is 3.59.